The minimum atomic E-state index is -3.67. The summed E-state index contributed by atoms with van der Waals surface area (Å²) < 4.78 is 25.1. The zero-order valence-corrected chi connectivity index (χ0v) is 8.26. The fraction of sp³-hybridized carbons (Fsp3) is 0. The van der Waals surface area contributed by atoms with Crippen LogP contribution in [0.1, 0.15) is 10.5 Å². The maximum Gasteiger partial charge on any atom is 0.282 e. The Morgan fingerprint density at radius 3 is 2.67 bits per heavy atom. The molecule has 0 spiro atoms. The summed E-state index contributed by atoms with van der Waals surface area (Å²) in [6.07, 6.45) is 0. The molecule has 3 rings (SSSR count). The Hall–Kier alpha value is -1.82. The lowest BCUT2D eigenvalue weighted by atomic mass is 10.2. The highest BCUT2D eigenvalue weighted by Crippen LogP contribution is 2.30. The first-order chi connectivity index (χ1) is 7.09. The minimum absolute atomic E-state index is 0.0584. The lowest BCUT2D eigenvalue weighted by Crippen LogP contribution is -2.21. The van der Waals surface area contributed by atoms with Gasteiger partial charge in [-0.2, -0.15) is 0 Å². The van der Waals surface area contributed by atoms with Gasteiger partial charge in [-0.05, 0) is 6.07 Å². The van der Waals surface area contributed by atoms with Gasteiger partial charge in [-0.1, -0.05) is 18.2 Å². The van der Waals surface area contributed by atoms with Gasteiger partial charge in [0.1, 0.15) is 10.6 Å². The molecule has 1 aliphatic rings. The Labute approximate surface area is 85.2 Å². The molecule has 0 saturated heterocycles. The normalized spacial score (nSPS) is 17.7. The third kappa shape index (κ3) is 0.964. The summed E-state index contributed by atoms with van der Waals surface area (Å²) in [4.78, 5) is 14.2. The number of H-pyrrole nitrogens is 1. The number of aromatic amines is 1. The molecule has 76 valence electrons. The van der Waals surface area contributed by atoms with Crippen LogP contribution < -0.4 is 4.72 Å². The summed E-state index contributed by atoms with van der Waals surface area (Å²) >= 11 is 0. The fourth-order valence-electron chi connectivity index (χ4n) is 1.78. The van der Waals surface area contributed by atoms with E-state index in [4.69, 9.17) is 0 Å². The van der Waals surface area contributed by atoms with Crippen molar-refractivity contribution in [2.75, 3.05) is 0 Å². The molecule has 2 N–H and O–H groups in total. The molecule has 0 atom stereocenters. The van der Waals surface area contributed by atoms with Gasteiger partial charge in [-0.3, -0.25) is 4.79 Å². The number of hydrogen-bond donors (Lipinski definition) is 2. The van der Waals surface area contributed by atoms with E-state index in [1.807, 2.05) is 4.72 Å². The third-order valence-electron chi connectivity index (χ3n) is 2.38. The monoisotopic (exact) mass is 222 g/mol. The summed E-state index contributed by atoms with van der Waals surface area (Å²) in [6.45, 7) is 0. The van der Waals surface area contributed by atoms with E-state index in [2.05, 4.69) is 4.98 Å². The van der Waals surface area contributed by atoms with Crippen molar-refractivity contribution < 1.29 is 13.2 Å². The van der Waals surface area contributed by atoms with Crippen molar-refractivity contribution in [1.29, 1.82) is 0 Å². The maximum atomic E-state index is 11.6. The standard InChI is InChI=1S/C9H6N2O3S/c12-9-7-8(15(13,14)11-9)5-3-1-2-4-6(5)10-7/h1-4,10H,(H,11,12). The molecule has 2 aromatic rings. The number of aromatic nitrogens is 1. The van der Waals surface area contributed by atoms with Crippen LogP contribution in [0.25, 0.3) is 10.9 Å². The highest BCUT2D eigenvalue weighted by molar-refractivity contribution is 7.91. The van der Waals surface area contributed by atoms with E-state index >= 15 is 0 Å². The Morgan fingerprint density at radius 1 is 1.13 bits per heavy atom. The van der Waals surface area contributed by atoms with E-state index < -0.39 is 15.9 Å². The Kier molecular flexibility index (Phi) is 1.36. The smallest absolute Gasteiger partial charge is 0.282 e. The Balaban J connectivity index is 2.56. The number of rotatable bonds is 0. The number of fused-ring (bicyclic) bond motifs is 3. The van der Waals surface area contributed by atoms with Crippen molar-refractivity contribution in [3.63, 3.8) is 0 Å². The highest BCUT2D eigenvalue weighted by atomic mass is 32.2. The number of carbonyl (C=O) groups excluding carboxylic acids is 1. The lowest BCUT2D eigenvalue weighted by molar-refractivity contribution is 0.0981. The molecule has 0 aliphatic carbocycles. The second kappa shape index (κ2) is 2.40. The first kappa shape index (κ1) is 8.49. The first-order valence-corrected chi connectivity index (χ1v) is 5.76. The van der Waals surface area contributed by atoms with Crippen LogP contribution in [0.3, 0.4) is 0 Å². The van der Waals surface area contributed by atoms with Crippen LogP contribution in [0.4, 0.5) is 0 Å². The zero-order chi connectivity index (χ0) is 10.6. The molecule has 2 heterocycles. The van der Waals surface area contributed by atoms with Crippen LogP contribution in [0.2, 0.25) is 0 Å². The number of nitrogens with one attached hydrogen (secondary N) is 2. The predicted octanol–water partition coefficient (Wildman–Crippen LogP) is 0.600. The van der Waals surface area contributed by atoms with Gasteiger partial charge >= 0.3 is 0 Å². The van der Waals surface area contributed by atoms with Gasteiger partial charge in [0.15, 0.2) is 0 Å². The molecule has 15 heavy (non-hydrogen) atoms. The second-order valence-electron chi connectivity index (χ2n) is 3.31. The first-order valence-electron chi connectivity index (χ1n) is 4.27. The fourth-order valence-corrected chi connectivity index (χ4v) is 3.11. The van der Waals surface area contributed by atoms with Crippen LogP contribution in [-0.4, -0.2) is 19.3 Å². The van der Waals surface area contributed by atoms with Gasteiger partial charge in [0.2, 0.25) is 0 Å². The molecular weight excluding hydrogens is 216 g/mol. The van der Waals surface area contributed by atoms with Crippen molar-refractivity contribution in [3.05, 3.63) is 30.0 Å². The molecule has 0 bridgehead atoms. The molecule has 1 aromatic carbocycles. The Morgan fingerprint density at radius 2 is 1.87 bits per heavy atom. The molecular formula is C9H6N2O3S. The molecule has 1 amide bonds. The lowest BCUT2D eigenvalue weighted by Gasteiger charge is -1.95. The average Bonchev–Trinajstić information content (AvgIpc) is 2.64. The van der Waals surface area contributed by atoms with Crippen molar-refractivity contribution >= 4 is 26.8 Å². The number of hydrogen-bond acceptors (Lipinski definition) is 3. The molecule has 1 aromatic heterocycles. The van der Waals surface area contributed by atoms with E-state index in [1.165, 1.54) is 0 Å². The van der Waals surface area contributed by atoms with Crippen LogP contribution in [0.5, 0.6) is 0 Å². The van der Waals surface area contributed by atoms with Gasteiger partial charge in [0.25, 0.3) is 15.9 Å². The molecule has 0 unspecified atom stereocenters. The summed E-state index contributed by atoms with van der Waals surface area (Å²) in [6, 6.07) is 6.91. The van der Waals surface area contributed by atoms with E-state index in [-0.39, 0.29) is 10.6 Å². The number of benzene rings is 1. The van der Waals surface area contributed by atoms with Gasteiger partial charge in [0.05, 0.1) is 0 Å². The molecule has 5 nitrogen and oxygen atoms in total. The van der Waals surface area contributed by atoms with Crippen molar-refractivity contribution in [3.8, 4) is 0 Å². The molecule has 0 radical (unpaired) electrons. The van der Waals surface area contributed by atoms with E-state index in [0.717, 1.165) is 0 Å². The van der Waals surface area contributed by atoms with Crippen molar-refractivity contribution in [2.45, 2.75) is 4.90 Å². The summed E-state index contributed by atoms with van der Waals surface area (Å²) in [5, 5.41) is 0.547. The number of carbonyl (C=O) groups is 1. The van der Waals surface area contributed by atoms with Crippen LogP contribution in [0, 0.1) is 0 Å². The molecule has 0 fully saturated rings. The summed E-state index contributed by atoms with van der Waals surface area (Å²) in [5.74, 6) is -0.596. The van der Waals surface area contributed by atoms with Crippen molar-refractivity contribution in [2.24, 2.45) is 0 Å². The largest absolute Gasteiger partial charge is 0.349 e. The SMILES string of the molecule is O=C1NS(=O)(=O)c2c1[nH]c1ccccc21. The van der Waals surface area contributed by atoms with Gasteiger partial charge in [-0.25, -0.2) is 13.1 Å². The highest BCUT2D eigenvalue weighted by Gasteiger charge is 2.36. The van der Waals surface area contributed by atoms with Crippen LogP contribution >= 0.6 is 0 Å². The number of para-hydroxylation sites is 1. The molecule has 6 heteroatoms. The summed E-state index contributed by atoms with van der Waals surface area (Å²) in [5.41, 5.74) is 0.775. The zero-order valence-electron chi connectivity index (χ0n) is 7.44. The maximum absolute atomic E-state index is 11.6. The van der Waals surface area contributed by atoms with E-state index in [9.17, 15) is 13.2 Å². The van der Waals surface area contributed by atoms with Gasteiger partial charge in [0, 0.05) is 10.9 Å². The molecule has 1 aliphatic heterocycles. The van der Waals surface area contributed by atoms with E-state index in [1.54, 1.807) is 24.3 Å². The summed E-state index contributed by atoms with van der Waals surface area (Å²) in [7, 11) is -3.67. The predicted molar refractivity (Wildman–Crippen MR) is 53.0 cm³/mol. The quantitative estimate of drug-likeness (QED) is 0.685. The number of sulfonamides is 1. The van der Waals surface area contributed by atoms with Gasteiger partial charge in [-0.15, -0.1) is 0 Å². The van der Waals surface area contributed by atoms with E-state index in [0.29, 0.717) is 10.9 Å². The number of amides is 1. The van der Waals surface area contributed by atoms with Crippen molar-refractivity contribution in [1.82, 2.24) is 9.71 Å². The molecule has 0 saturated carbocycles. The van der Waals surface area contributed by atoms with Crippen LogP contribution in [-0.2, 0) is 10.0 Å². The van der Waals surface area contributed by atoms with Crippen LogP contribution in [0.15, 0.2) is 29.2 Å². The average molecular weight is 222 g/mol. The Bertz CT molecular complexity index is 684. The minimum Gasteiger partial charge on any atom is -0.349 e. The third-order valence-corrected chi connectivity index (χ3v) is 3.80. The topological polar surface area (TPSA) is 79.0 Å². The second-order valence-corrected chi connectivity index (χ2v) is 4.93. The van der Waals surface area contributed by atoms with Gasteiger partial charge < -0.3 is 4.98 Å².